The van der Waals surface area contributed by atoms with Crippen LogP contribution < -0.4 is 15.0 Å². The fourth-order valence-electron chi connectivity index (χ4n) is 2.06. The molecule has 1 aromatic carbocycles. The van der Waals surface area contributed by atoms with Crippen molar-refractivity contribution >= 4 is 10.9 Å². The maximum Gasteiger partial charge on any atom is 0.320 e. The van der Waals surface area contributed by atoms with Crippen molar-refractivity contribution in [1.82, 2.24) is 19.3 Å². The Bertz CT molecular complexity index is 824. The molecule has 0 bridgehead atoms. The highest BCUT2D eigenvalue weighted by atomic mass is 16.5. The van der Waals surface area contributed by atoms with Gasteiger partial charge >= 0.3 is 6.01 Å². The molecule has 21 heavy (non-hydrogen) atoms. The second kappa shape index (κ2) is 5.28. The minimum atomic E-state index is -0.250. The molecule has 0 fully saturated rings. The molecule has 0 aliphatic heterocycles. The lowest BCUT2D eigenvalue weighted by Gasteiger charge is -2.13. The van der Waals surface area contributed by atoms with Gasteiger partial charge in [-0.15, -0.1) is 0 Å². The van der Waals surface area contributed by atoms with Crippen LogP contribution in [-0.4, -0.2) is 33.0 Å². The number of rotatable bonds is 4. The summed E-state index contributed by atoms with van der Waals surface area (Å²) in [7, 11) is 1.55. The van der Waals surface area contributed by atoms with E-state index in [1.165, 1.54) is 15.7 Å². The van der Waals surface area contributed by atoms with E-state index < -0.39 is 0 Å². The number of nitrogens with zero attached hydrogens (tertiary/aromatic N) is 4. The van der Waals surface area contributed by atoms with E-state index in [0.717, 1.165) is 0 Å². The molecule has 7 heteroatoms. The normalized spacial score (nSPS) is 10.8. The Kier molecular flexibility index (Phi) is 3.31. The van der Waals surface area contributed by atoms with E-state index in [-0.39, 0.29) is 11.6 Å². The maximum atomic E-state index is 12.7. The van der Waals surface area contributed by atoms with Crippen LogP contribution in [0.15, 0.2) is 41.7 Å². The molecule has 0 atom stereocenters. The molecule has 108 valence electrons. The van der Waals surface area contributed by atoms with E-state index in [2.05, 4.69) is 9.97 Å². The lowest BCUT2D eigenvalue weighted by Crippen LogP contribution is -2.28. The molecule has 0 unspecified atom stereocenters. The van der Waals surface area contributed by atoms with Gasteiger partial charge < -0.3 is 9.47 Å². The number of methoxy groups -OCH3 is 1. The molecule has 0 amide bonds. The highest BCUT2D eigenvalue weighted by Gasteiger charge is 2.14. The number of ether oxygens (including phenoxy) is 2. The second-order valence-corrected chi connectivity index (χ2v) is 4.27. The molecule has 2 heterocycles. The molecular weight excluding hydrogens is 272 g/mol. The van der Waals surface area contributed by atoms with Crippen LogP contribution in [0.5, 0.6) is 11.8 Å². The van der Waals surface area contributed by atoms with Crippen LogP contribution >= 0.6 is 0 Å². The third-order valence-electron chi connectivity index (χ3n) is 3.02. The molecule has 7 nitrogen and oxygen atoms in total. The summed E-state index contributed by atoms with van der Waals surface area (Å²) in [5, 5.41) is 0.450. The number of hydrogen-bond donors (Lipinski definition) is 0. The van der Waals surface area contributed by atoms with Gasteiger partial charge in [0.2, 0.25) is 0 Å². The van der Waals surface area contributed by atoms with Gasteiger partial charge in [-0.3, -0.25) is 4.79 Å². The van der Waals surface area contributed by atoms with E-state index in [0.29, 0.717) is 23.3 Å². The summed E-state index contributed by atoms with van der Waals surface area (Å²) >= 11 is 0. The topological polar surface area (TPSA) is 71.2 Å². The summed E-state index contributed by atoms with van der Waals surface area (Å²) in [6.07, 6.45) is 4.74. The lowest BCUT2D eigenvalue weighted by atomic mass is 10.2. The summed E-state index contributed by atoms with van der Waals surface area (Å²) in [6.45, 7) is 2.24. The minimum Gasteiger partial charge on any atom is -0.497 e. The van der Waals surface area contributed by atoms with Gasteiger partial charge in [0.1, 0.15) is 12.1 Å². The summed E-state index contributed by atoms with van der Waals surface area (Å²) in [5.74, 6) is 0.600. The molecule has 0 aliphatic rings. The first-order chi connectivity index (χ1) is 10.2. The zero-order chi connectivity index (χ0) is 14.8. The van der Waals surface area contributed by atoms with Crippen molar-refractivity contribution in [3.63, 3.8) is 0 Å². The first-order valence-electron chi connectivity index (χ1n) is 6.46. The molecular formula is C14H14N4O3. The third kappa shape index (κ3) is 2.22. The molecule has 0 spiro atoms. The molecule has 2 aromatic heterocycles. The maximum absolute atomic E-state index is 12.7. The predicted molar refractivity (Wildman–Crippen MR) is 76.7 cm³/mol. The Hall–Kier alpha value is -2.83. The van der Waals surface area contributed by atoms with Crippen LogP contribution in [0.3, 0.4) is 0 Å². The Morgan fingerprint density at radius 3 is 2.86 bits per heavy atom. The van der Waals surface area contributed by atoms with Gasteiger partial charge in [0.25, 0.3) is 5.56 Å². The van der Waals surface area contributed by atoms with E-state index in [1.807, 2.05) is 6.92 Å². The monoisotopic (exact) mass is 286 g/mol. The van der Waals surface area contributed by atoms with Crippen LogP contribution in [0.2, 0.25) is 0 Å². The van der Waals surface area contributed by atoms with Crippen molar-refractivity contribution in [2.24, 2.45) is 0 Å². The van der Waals surface area contributed by atoms with Crippen molar-refractivity contribution in [2.75, 3.05) is 13.7 Å². The number of aromatic nitrogens is 4. The zero-order valence-electron chi connectivity index (χ0n) is 11.7. The van der Waals surface area contributed by atoms with Crippen LogP contribution in [0.1, 0.15) is 6.92 Å². The van der Waals surface area contributed by atoms with Gasteiger partial charge in [-0.25, -0.2) is 9.66 Å². The number of fused-ring (bicyclic) bond motifs is 1. The van der Waals surface area contributed by atoms with E-state index >= 15 is 0 Å². The number of hydrogen-bond acceptors (Lipinski definition) is 5. The SMILES string of the molecule is CCOc1nc2ccc(OC)cc2c(=O)n1-n1ccnc1. The predicted octanol–water partition coefficient (Wildman–Crippen LogP) is 1.31. The van der Waals surface area contributed by atoms with Crippen molar-refractivity contribution in [3.8, 4) is 11.8 Å². The minimum absolute atomic E-state index is 0.221. The highest BCUT2D eigenvalue weighted by molar-refractivity contribution is 5.79. The second-order valence-electron chi connectivity index (χ2n) is 4.27. The molecule has 3 rings (SSSR count). The average Bonchev–Trinajstić information content (AvgIpc) is 3.01. The fourth-order valence-corrected chi connectivity index (χ4v) is 2.06. The largest absolute Gasteiger partial charge is 0.497 e. The molecule has 0 N–H and O–H groups in total. The van der Waals surface area contributed by atoms with Crippen LogP contribution in [0.4, 0.5) is 0 Å². The Labute approximate surface area is 120 Å². The van der Waals surface area contributed by atoms with Crippen LogP contribution in [0, 0.1) is 0 Å². The van der Waals surface area contributed by atoms with Gasteiger partial charge in [0.05, 0.1) is 24.6 Å². The van der Waals surface area contributed by atoms with Crippen molar-refractivity contribution < 1.29 is 9.47 Å². The number of imidazole rings is 1. The molecule has 0 radical (unpaired) electrons. The van der Waals surface area contributed by atoms with E-state index in [9.17, 15) is 4.79 Å². The third-order valence-corrected chi connectivity index (χ3v) is 3.02. The van der Waals surface area contributed by atoms with Crippen LogP contribution in [-0.2, 0) is 0 Å². The summed E-state index contributed by atoms with van der Waals surface area (Å²) in [4.78, 5) is 21.1. The Morgan fingerprint density at radius 1 is 1.33 bits per heavy atom. The Balaban J connectivity index is 2.34. The highest BCUT2D eigenvalue weighted by Crippen LogP contribution is 2.19. The van der Waals surface area contributed by atoms with Gasteiger partial charge in [-0.05, 0) is 25.1 Å². The summed E-state index contributed by atoms with van der Waals surface area (Å²) in [5.41, 5.74) is 0.306. The summed E-state index contributed by atoms with van der Waals surface area (Å²) in [6, 6.07) is 5.37. The quantitative estimate of drug-likeness (QED) is 0.723. The fraction of sp³-hybridized carbons (Fsp3) is 0.214. The first-order valence-corrected chi connectivity index (χ1v) is 6.46. The zero-order valence-corrected chi connectivity index (χ0v) is 11.7. The number of benzene rings is 1. The lowest BCUT2D eigenvalue weighted by molar-refractivity contribution is 0.284. The van der Waals surface area contributed by atoms with Crippen molar-refractivity contribution in [2.45, 2.75) is 6.92 Å². The first kappa shape index (κ1) is 13.2. The van der Waals surface area contributed by atoms with Crippen molar-refractivity contribution in [3.05, 3.63) is 47.3 Å². The van der Waals surface area contributed by atoms with E-state index in [1.54, 1.807) is 37.7 Å². The van der Waals surface area contributed by atoms with E-state index in [4.69, 9.17) is 9.47 Å². The molecule has 0 saturated carbocycles. The molecule has 0 saturated heterocycles. The van der Waals surface area contributed by atoms with Gasteiger partial charge in [-0.1, -0.05) is 0 Å². The van der Waals surface area contributed by atoms with Gasteiger partial charge in [0, 0.05) is 12.4 Å². The van der Waals surface area contributed by atoms with Gasteiger partial charge in [0.15, 0.2) is 0 Å². The molecule has 3 aromatic rings. The standard InChI is InChI=1S/C14H14N4O3/c1-3-21-14-16-12-5-4-10(20-2)8-11(12)13(19)18(14)17-7-6-15-9-17/h4-9H,3H2,1-2H3. The molecule has 0 aliphatic carbocycles. The van der Waals surface area contributed by atoms with Crippen LogP contribution in [0.25, 0.3) is 10.9 Å². The smallest absolute Gasteiger partial charge is 0.320 e. The Morgan fingerprint density at radius 2 is 2.19 bits per heavy atom. The van der Waals surface area contributed by atoms with Crippen molar-refractivity contribution in [1.29, 1.82) is 0 Å². The summed E-state index contributed by atoms with van der Waals surface area (Å²) < 4.78 is 13.5. The van der Waals surface area contributed by atoms with Gasteiger partial charge in [-0.2, -0.15) is 9.66 Å². The average molecular weight is 286 g/mol.